The second-order valence-electron chi connectivity index (χ2n) is 7.25. The number of hydrogen-bond donors (Lipinski definition) is 2. The SMILES string of the molecule is C=C(CO)CN(C)C(=O)c1[nH]nc2c1CN(C(=O)OC(C)(C)C)CC2. The Kier molecular flexibility index (Phi) is 5.52. The molecule has 0 spiro atoms. The van der Waals surface area contributed by atoms with E-state index in [-0.39, 0.29) is 25.6 Å². The molecule has 0 aliphatic carbocycles. The van der Waals surface area contributed by atoms with Gasteiger partial charge in [-0.1, -0.05) is 6.58 Å². The van der Waals surface area contributed by atoms with E-state index < -0.39 is 11.7 Å². The smallest absolute Gasteiger partial charge is 0.410 e. The van der Waals surface area contributed by atoms with Gasteiger partial charge >= 0.3 is 6.09 Å². The molecule has 0 bridgehead atoms. The molecule has 0 radical (unpaired) electrons. The van der Waals surface area contributed by atoms with Crippen LogP contribution >= 0.6 is 0 Å². The first kappa shape index (κ1) is 19.0. The minimum atomic E-state index is -0.572. The average Bonchev–Trinajstić information content (AvgIpc) is 2.95. The number of carbonyl (C=O) groups excluding carboxylic acids is 2. The number of nitrogens with zero attached hydrogens (tertiary/aromatic N) is 3. The molecule has 1 aliphatic heterocycles. The predicted octanol–water partition coefficient (Wildman–Crippen LogP) is 1.32. The first-order chi connectivity index (χ1) is 11.6. The molecular weight excluding hydrogens is 324 g/mol. The third-order valence-corrected chi connectivity index (χ3v) is 3.82. The maximum Gasteiger partial charge on any atom is 0.410 e. The quantitative estimate of drug-likeness (QED) is 0.798. The summed E-state index contributed by atoms with van der Waals surface area (Å²) in [7, 11) is 1.63. The number of aliphatic hydroxyl groups excluding tert-OH is 1. The summed E-state index contributed by atoms with van der Waals surface area (Å²) >= 11 is 0. The molecule has 1 aromatic rings. The lowest BCUT2D eigenvalue weighted by Crippen LogP contribution is -2.40. The zero-order chi connectivity index (χ0) is 18.8. The van der Waals surface area contributed by atoms with Crippen LogP contribution in [0.5, 0.6) is 0 Å². The Morgan fingerprint density at radius 2 is 2.12 bits per heavy atom. The van der Waals surface area contributed by atoms with E-state index >= 15 is 0 Å². The summed E-state index contributed by atoms with van der Waals surface area (Å²) in [6.45, 7) is 9.99. The molecule has 0 aromatic carbocycles. The Morgan fingerprint density at radius 3 is 2.72 bits per heavy atom. The van der Waals surface area contributed by atoms with Crippen molar-refractivity contribution in [3.05, 3.63) is 29.1 Å². The highest BCUT2D eigenvalue weighted by molar-refractivity contribution is 5.94. The Labute approximate surface area is 147 Å². The fourth-order valence-corrected chi connectivity index (χ4v) is 2.60. The van der Waals surface area contributed by atoms with Crippen molar-refractivity contribution in [2.75, 3.05) is 26.7 Å². The highest BCUT2D eigenvalue weighted by atomic mass is 16.6. The van der Waals surface area contributed by atoms with Crippen LogP contribution in [-0.4, -0.2) is 69.4 Å². The molecule has 0 atom stereocenters. The molecule has 0 saturated carbocycles. The predicted molar refractivity (Wildman–Crippen MR) is 92.1 cm³/mol. The maximum atomic E-state index is 12.6. The maximum absolute atomic E-state index is 12.6. The molecule has 8 heteroatoms. The number of aromatic nitrogens is 2. The molecule has 1 aliphatic rings. The van der Waals surface area contributed by atoms with Crippen molar-refractivity contribution in [3.8, 4) is 0 Å². The number of aliphatic hydroxyl groups is 1. The van der Waals surface area contributed by atoms with Crippen molar-refractivity contribution in [1.82, 2.24) is 20.0 Å². The van der Waals surface area contributed by atoms with Gasteiger partial charge in [0.15, 0.2) is 0 Å². The zero-order valence-corrected chi connectivity index (χ0v) is 15.3. The van der Waals surface area contributed by atoms with Gasteiger partial charge in [0.25, 0.3) is 5.91 Å². The summed E-state index contributed by atoms with van der Waals surface area (Å²) < 4.78 is 5.41. The summed E-state index contributed by atoms with van der Waals surface area (Å²) in [4.78, 5) is 27.9. The minimum absolute atomic E-state index is 0.175. The summed E-state index contributed by atoms with van der Waals surface area (Å²) in [5, 5.41) is 16.0. The van der Waals surface area contributed by atoms with Gasteiger partial charge in [0.2, 0.25) is 0 Å². The van der Waals surface area contributed by atoms with E-state index in [0.29, 0.717) is 29.8 Å². The minimum Gasteiger partial charge on any atom is -0.444 e. The van der Waals surface area contributed by atoms with Crippen LogP contribution in [0.1, 0.15) is 42.5 Å². The number of ether oxygens (including phenoxy) is 1. The Bertz CT molecular complexity index is 675. The van der Waals surface area contributed by atoms with Crippen LogP contribution < -0.4 is 0 Å². The van der Waals surface area contributed by atoms with E-state index in [9.17, 15) is 9.59 Å². The van der Waals surface area contributed by atoms with Gasteiger partial charge in [0.1, 0.15) is 11.3 Å². The third-order valence-electron chi connectivity index (χ3n) is 3.82. The van der Waals surface area contributed by atoms with E-state index in [1.54, 1.807) is 11.9 Å². The lowest BCUT2D eigenvalue weighted by Gasteiger charge is -2.30. The van der Waals surface area contributed by atoms with E-state index in [4.69, 9.17) is 9.84 Å². The molecule has 138 valence electrons. The molecule has 2 rings (SSSR count). The van der Waals surface area contributed by atoms with E-state index in [1.807, 2.05) is 20.8 Å². The summed E-state index contributed by atoms with van der Waals surface area (Å²) in [6, 6.07) is 0. The normalized spacial score (nSPS) is 14.0. The fraction of sp³-hybridized carbons (Fsp3) is 0.588. The molecule has 2 N–H and O–H groups in total. The number of amides is 2. The molecule has 0 unspecified atom stereocenters. The van der Waals surface area contributed by atoms with E-state index in [1.165, 1.54) is 4.90 Å². The third kappa shape index (κ3) is 4.60. The van der Waals surface area contributed by atoms with Gasteiger partial charge in [-0.2, -0.15) is 5.10 Å². The van der Waals surface area contributed by atoms with Crippen LogP contribution in [0.4, 0.5) is 4.79 Å². The number of H-pyrrole nitrogens is 1. The second kappa shape index (κ2) is 7.26. The van der Waals surface area contributed by atoms with Crippen molar-refractivity contribution in [2.24, 2.45) is 0 Å². The van der Waals surface area contributed by atoms with Gasteiger partial charge in [-0.05, 0) is 26.3 Å². The highest BCUT2D eigenvalue weighted by Crippen LogP contribution is 2.23. The number of carbonyl (C=O) groups is 2. The number of hydrogen-bond acceptors (Lipinski definition) is 5. The second-order valence-corrected chi connectivity index (χ2v) is 7.25. The summed E-state index contributed by atoms with van der Waals surface area (Å²) in [5.74, 6) is -0.255. The number of aromatic amines is 1. The monoisotopic (exact) mass is 350 g/mol. The molecule has 25 heavy (non-hydrogen) atoms. The fourth-order valence-electron chi connectivity index (χ4n) is 2.60. The molecule has 1 aromatic heterocycles. The summed E-state index contributed by atoms with van der Waals surface area (Å²) in [6.07, 6.45) is 0.158. The molecular formula is C17H26N4O4. The van der Waals surface area contributed by atoms with Crippen LogP contribution in [0, 0.1) is 0 Å². The van der Waals surface area contributed by atoms with Gasteiger partial charge < -0.3 is 19.6 Å². The topological polar surface area (TPSA) is 98.8 Å². The van der Waals surface area contributed by atoms with Crippen LogP contribution in [0.15, 0.2) is 12.2 Å². The largest absolute Gasteiger partial charge is 0.444 e. The van der Waals surface area contributed by atoms with Gasteiger partial charge in [-0.3, -0.25) is 9.89 Å². The van der Waals surface area contributed by atoms with Crippen LogP contribution in [0.2, 0.25) is 0 Å². The number of likely N-dealkylation sites (N-methyl/N-ethyl adjacent to an activating group) is 1. The average molecular weight is 350 g/mol. The summed E-state index contributed by atoms with van der Waals surface area (Å²) in [5.41, 5.74) is 1.83. The first-order valence-electron chi connectivity index (χ1n) is 8.19. The Hall–Kier alpha value is -2.35. The highest BCUT2D eigenvalue weighted by Gasteiger charge is 2.31. The van der Waals surface area contributed by atoms with E-state index in [0.717, 1.165) is 5.69 Å². The zero-order valence-electron chi connectivity index (χ0n) is 15.3. The van der Waals surface area contributed by atoms with E-state index in [2.05, 4.69) is 16.8 Å². The molecule has 8 nitrogen and oxygen atoms in total. The van der Waals surface area contributed by atoms with Gasteiger partial charge in [0, 0.05) is 32.1 Å². The van der Waals surface area contributed by atoms with Gasteiger partial charge in [-0.15, -0.1) is 0 Å². The number of fused-ring (bicyclic) bond motifs is 1. The van der Waals surface area contributed by atoms with Gasteiger partial charge in [-0.25, -0.2) is 4.79 Å². The molecule has 0 fully saturated rings. The number of rotatable bonds is 4. The molecule has 0 saturated heterocycles. The van der Waals surface area contributed by atoms with Crippen molar-refractivity contribution in [1.29, 1.82) is 0 Å². The first-order valence-corrected chi connectivity index (χ1v) is 8.19. The van der Waals surface area contributed by atoms with Crippen LogP contribution in [0.25, 0.3) is 0 Å². The van der Waals surface area contributed by atoms with Crippen LogP contribution in [0.3, 0.4) is 0 Å². The van der Waals surface area contributed by atoms with Gasteiger partial charge in [0.05, 0.1) is 18.8 Å². The van der Waals surface area contributed by atoms with Crippen molar-refractivity contribution in [2.45, 2.75) is 39.3 Å². The van der Waals surface area contributed by atoms with Crippen molar-refractivity contribution < 1.29 is 19.4 Å². The lowest BCUT2D eigenvalue weighted by molar-refractivity contribution is 0.0222. The Morgan fingerprint density at radius 1 is 1.44 bits per heavy atom. The standard InChI is InChI=1S/C17H26N4O4/c1-11(10-22)8-20(5)15(23)14-12-9-21(7-6-13(12)18-19-14)16(24)25-17(2,3)4/h22H,1,6-10H2,2-5H3,(H,18,19). The molecule has 2 heterocycles. The van der Waals surface area contributed by atoms with Crippen LogP contribution in [-0.2, 0) is 17.7 Å². The van der Waals surface area contributed by atoms with Crippen molar-refractivity contribution >= 4 is 12.0 Å². The lowest BCUT2D eigenvalue weighted by atomic mass is 10.0. The van der Waals surface area contributed by atoms with Crippen molar-refractivity contribution in [3.63, 3.8) is 0 Å². The molecule has 2 amide bonds. The number of nitrogens with one attached hydrogen (secondary N) is 1. The Balaban J connectivity index is 2.14.